The first-order valence-electron chi connectivity index (χ1n) is 9.43. The summed E-state index contributed by atoms with van der Waals surface area (Å²) in [4.78, 5) is 21.4. The van der Waals surface area contributed by atoms with Gasteiger partial charge in [-0.2, -0.15) is 0 Å². The van der Waals surface area contributed by atoms with E-state index in [0.717, 1.165) is 17.1 Å². The smallest absolute Gasteiger partial charge is 0.274 e. The van der Waals surface area contributed by atoms with E-state index in [1.54, 1.807) is 13.2 Å². The number of benzene rings is 2. The number of nitrogens with one attached hydrogen (secondary N) is 2. The molecule has 1 amide bonds. The van der Waals surface area contributed by atoms with Gasteiger partial charge in [0.25, 0.3) is 5.91 Å². The maximum atomic E-state index is 12.7. The first kappa shape index (κ1) is 20.3. The van der Waals surface area contributed by atoms with Crippen molar-refractivity contribution in [2.45, 2.75) is 33.1 Å². The second-order valence-electron chi connectivity index (χ2n) is 7.86. The molecular formula is C23H26N4O2. The van der Waals surface area contributed by atoms with Gasteiger partial charge in [-0.1, -0.05) is 39.0 Å². The first-order valence-corrected chi connectivity index (χ1v) is 9.43. The highest BCUT2D eigenvalue weighted by atomic mass is 16.5. The Morgan fingerprint density at radius 1 is 0.966 bits per heavy atom. The lowest BCUT2D eigenvalue weighted by molar-refractivity contribution is 0.102. The lowest BCUT2D eigenvalue weighted by Gasteiger charge is -2.19. The second-order valence-corrected chi connectivity index (χ2v) is 7.86. The van der Waals surface area contributed by atoms with Crippen LogP contribution < -0.4 is 15.4 Å². The monoisotopic (exact) mass is 390 g/mol. The maximum Gasteiger partial charge on any atom is 0.274 e. The average molecular weight is 390 g/mol. The number of rotatable bonds is 5. The van der Waals surface area contributed by atoms with Crippen molar-refractivity contribution in [3.05, 3.63) is 71.5 Å². The van der Waals surface area contributed by atoms with Crippen LogP contribution in [-0.4, -0.2) is 23.0 Å². The highest BCUT2D eigenvalue weighted by molar-refractivity contribution is 6.03. The Balaban J connectivity index is 1.77. The van der Waals surface area contributed by atoms with Crippen LogP contribution in [0.3, 0.4) is 0 Å². The quantitative estimate of drug-likeness (QED) is 0.635. The third-order valence-corrected chi connectivity index (χ3v) is 4.42. The van der Waals surface area contributed by atoms with Gasteiger partial charge in [0.15, 0.2) is 0 Å². The number of ether oxygens (including phenoxy) is 1. The molecule has 0 saturated heterocycles. The molecule has 0 aliphatic carbocycles. The predicted molar refractivity (Wildman–Crippen MR) is 116 cm³/mol. The van der Waals surface area contributed by atoms with E-state index < -0.39 is 0 Å². The van der Waals surface area contributed by atoms with E-state index >= 15 is 0 Å². The topological polar surface area (TPSA) is 76.1 Å². The van der Waals surface area contributed by atoms with Gasteiger partial charge in [0, 0.05) is 23.1 Å². The van der Waals surface area contributed by atoms with Crippen molar-refractivity contribution >= 4 is 23.2 Å². The minimum absolute atomic E-state index is 0.0625. The molecular weight excluding hydrogens is 364 g/mol. The van der Waals surface area contributed by atoms with Crippen LogP contribution in [-0.2, 0) is 5.41 Å². The van der Waals surface area contributed by atoms with Crippen LogP contribution in [0.5, 0.6) is 5.75 Å². The van der Waals surface area contributed by atoms with Crippen LogP contribution in [0.2, 0.25) is 0 Å². The fourth-order valence-corrected chi connectivity index (χ4v) is 2.82. The molecule has 0 bridgehead atoms. The number of hydrogen-bond donors (Lipinski definition) is 2. The highest BCUT2D eigenvalue weighted by Crippen LogP contribution is 2.24. The van der Waals surface area contributed by atoms with Gasteiger partial charge in [0.2, 0.25) is 5.95 Å². The molecule has 0 fully saturated rings. The van der Waals surface area contributed by atoms with Gasteiger partial charge in [0.05, 0.1) is 7.11 Å². The minimum Gasteiger partial charge on any atom is -0.497 e. The summed E-state index contributed by atoms with van der Waals surface area (Å²) >= 11 is 0. The van der Waals surface area contributed by atoms with Crippen molar-refractivity contribution in [3.8, 4) is 5.75 Å². The molecule has 3 aromatic rings. The summed E-state index contributed by atoms with van der Waals surface area (Å²) in [5.74, 6) is 0.790. The Morgan fingerprint density at radius 3 is 2.34 bits per heavy atom. The Labute approximate surface area is 171 Å². The molecule has 0 aliphatic heterocycles. The molecule has 2 N–H and O–H groups in total. The summed E-state index contributed by atoms with van der Waals surface area (Å²) in [6.07, 6.45) is 0. The summed E-state index contributed by atoms with van der Waals surface area (Å²) in [5, 5.41) is 6.02. The number of carbonyl (C=O) groups is 1. The van der Waals surface area contributed by atoms with Crippen LogP contribution in [0, 0.1) is 6.92 Å². The van der Waals surface area contributed by atoms with Crippen molar-refractivity contribution < 1.29 is 9.53 Å². The molecule has 0 radical (unpaired) electrons. The van der Waals surface area contributed by atoms with Gasteiger partial charge in [-0.05, 0) is 48.2 Å². The standard InChI is InChI=1S/C23H26N4O2/c1-15-13-20(21(28)25-17-11-9-16(10-12-17)23(2,3)4)27-22(24-15)26-18-7-6-8-19(14-18)29-5/h6-14H,1-5H3,(H,25,28)(H,24,26,27). The molecule has 2 aromatic carbocycles. The molecule has 0 atom stereocenters. The van der Waals surface area contributed by atoms with Crippen LogP contribution >= 0.6 is 0 Å². The molecule has 1 heterocycles. The summed E-state index contributed by atoms with van der Waals surface area (Å²) in [6, 6.07) is 17.0. The molecule has 0 spiro atoms. The van der Waals surface area contributed by atoms with Gasteiger partial charge >= 0.3 is 0 Å². The highest BCUT2D eigenvalue weighted by Gasteiger charge is 2.15. The van der Waals surface area contributed by atoms with Crippen LogP contribution in [0.15, 0.2) is 54.6 Å². The Hall–Kier alpha value is -3.41. The molecule has 1 aromatic heterocycles. The second kappa shape index (κ2) is 8.31. The van der Waals surface area contributed by atoms with E-state index in [9.17, 15) is 4.79 Å². The first-order chi connectivity index (χ1) is 13.7. The third-order valence-electron chi connectivity index (χ3n) is 4.42. The van der Waals surface area contributed by atoms with E-state index in [0.29, 0.717) is 17.3 Å². The van der Waals surface area contributed by atoms with Crippen molar-refractivity contribution in [2.75, 3.05) is 17.7 Å². The van der Waals surface area contributed by atoms with Crippen LogP contribution in [0.25, 0.3) is 0 Å². The molecule has 6 heteroatoms. The Bertz CT molecular complexity index is 1010. The molecule has 29 heavy (non-hydrogen) atoms. The van der Waals surface area contributed by atoms with Gasteiger partial charge in [-0.15, -0.1) is 0 Å². The van der Waals surface area contributed by atoms with Crippen LogP contribution in [0.4, 0.5) is 17.3 Å². The molecule has 0 aliphatic rings. The zero-order chi connectivity index (χ0) is 21.0. The molecule has 6 nitrogen and oxygen atoms in total. The predicted octanol–water partition coefficient (Wildman–Crippen LogP) is 5.09. The van der Waals surface area contributed by atoms with Gasteiger partial charge < -0.3 is 15.4 Å². The fourth-order valence-electron chi connectivity index (χ4n) is 2.82. The number of aromatic nitrogens is 2. The third kappa shape index (κ3) is 5.31. The van der Waals surface area contributed by atoms with Gasteiger partial charge in [0.1, 0.15) is 11.4 Å². The molecule has 0 saturated carbocycles. The fraction of sp³-hybridized carbons (Fsp3) is 0.261. The molecule has 150 valence electrons. The number of anilines is 3. The van der Waals surface area contributed by atoms with E-state index in [-0.39, 0.29) is 11.3 Å². The summed E-state index contributed by atoms with van der Waals surface area (Å²) < 4.78 is 5.23. The largest absolute Gasteiger partial charge is 0.497 e. The lowest BCUT2D eigenvalue weighted by Crippen LogP contribution is -2.16. The van der Waals surface area contributed by atoms with E-state index in [1.807, 2.05) is 55.5 Å². The van der Waals surface area contributed by atoms with Crippen molar-refractivity contribution in [1.29, 1.82) is 0 Å². The van der Waals surface area contributed by atoms with E-state index in [1.165, 1.54) is 5.56 Å². The van der Waals surface area contributed by atoms with E-state index in [4.69, 9.17) is 4.74 Å². The zero-order valence-electron chi connectivity index (χ0n) is 17.4. The normalized spacial score (nSPS) is 11.1. The van der Waals surface area contributed by atoms with E-state index in [2.05, 4.69) is 41.4 Å². The summed E-state index contributed by atoms with van der Waals surface area (Å²) in [6.45, 7) is 8.29. The summed E-state index contributed by atoms with van der Waals surface area (Å²) in [7, 11) is 1.61. The zero-order valence-corrected chi connectivity index (χ0v) is 17.4. The number of methoxy groups -OCH3 is 1. The Kier molecular flexibility index (Phi) is 5.82. The maximum absolute atomic E-state index is 12.7. The lowest BCUT2D eigenvalue weighted by atomic mass is 9.87. The SMILES string of the molecule is COc1cccc(Nc2nc(C)cc(C(=O)Nc3ccc(C(C)(C)C)cc3)n2)c1. The summed E-state index contributed by atoms with van der Waals surface area (Å²) in [5.41, 5.74) is 3.76. The number of hydrogen-bond acceptors (Lipinski definition) is 5. The number of nitrogens with zero attached hydrogens (tertiary/aromatic N) is 2. The number of aryl methyl sites for hydroxylation is 1. The molecule has 0 unspecified atom stereocenters. The van der Waals surface area contributed by atoms with Crippen molar-refractivity contribution in [3.63, 3.8) is 0 Å². The molecule has 3 rings (SSSR count). The average Bonchev–Trinajstić information content (AvgIpc) is 2.67. The van der Waals surface area contributed by atoms with Gasteiger partial charge in [-0.3, -0.25) is 4.79 Å². The Morgan fingerprint density at radius 2 is 1.69 bits per heavy atom. The van der Waals surface area contributed by atoms with Crippen molar-refractivity contribution in [2.24, 2.45) is 0 Å². The minimum atomic E-state index is -0.285. The van der Waals surface area contributed by atoms with Crippen LogP contribution in [0.1, 0.15) is 42.5 Å². The number of amides is 1. The number of carbonyl (C=O) groups excluding carboxylic acids is 1. The van der Waals surface area contributed by atoms with Crippen molar-refractivity contribution in [1.82, 2.24) is 9.97 Å². The van der Waals surface area contributed by atoms with Gasteiger partial charge in [-0.25, -0.2) is 9.97 Å².